The van der Waals surface area contributed by atoms with Crippen molar-refractivity contribution in [2.75, 3.05) is 11.9 Å². The molecule has 1 aromatic carbocycles. The molecule has 0 aliphatic rings. The van der Waals surface area contributed by atoms with E-state index in [4.69, 9.17) is 16.3 Å². The zero-order valence-electron chi connectivity index (χ0n) is 11.9. The lowest BCUT2D eigenvalue weighted by Crippen LogP contribution is -2.00. The van der Waals surface area contributed by atoms with Crippen molar-refractivity contribution in [2.24, 2.45) is 0 Å². The lowest BCUT2D eigenvalue weighted by atomic mass is 10.2. The summed E-state index contributed by atoms with van der Waals surface area (Å²) in [5.41, 5.74) is 2.11. The van der Waals surface area contributed by atoms with Crippen molar-refractivity contribution in [2.45, 2.75) is 32.7 Å². The van der Waals surface area contributed by atoms with Crippen LogP contribution in [-0.2, 0) is 18.8 Å². The molecule has 0 saturated heterocycles. The maximum atomic E-state index is 5.97. The van der Waals surface area contributed by atoms with Gasteiger partial charge in [-0.15, -0.1) is 22.9 Å². The summed E-state index contributed by atoms with van der Waals surface area (Å²) in [5.74, 6) is 1.33. The molecule has 4 heteroatoms. The highest BCUT2D eigenvalue weighted by Gasteiger charge is 2.05. The third-order valence-corrected chi connectivity index (χ3v) is 4.55. The molecule has 0 amide bonds. The summed E-state index contributed by atoms with van der Waals surface area (Å²) in [7, 11) is 0. The number of hydrogen-bond donors (Lipinski definition) is 1. The third kappa shape index (κ3) is 3.90. The maximum Gasteiger partial charge on any atom is 0.123 e. The maximum absolute atomic E-state index is 5.97. The number of alkyl halides is 1. The molecule has 0 spiro atoms. The predicted molar refractivity (Wildman–Crippen MR) is 88.2 cm³/mol. The van der Waals surface area contributed by atoms with Gasteiger partial charge in [-0.05, 0) is 43.7 Å². The quantitative estimate of drug-likeness (QED) is 0.722. The zero-order valence-corrected chi connectivity index (χ0v) is 13.5. The molecule has 0 bridgehead atoms. The molecule has 2 nitrogen and oxygen atoms in total. The third-order valence-electron chi connectivity index (χ3n) is 3.04. The Morgan fingerprint density at radius 2 is 1.95 bits per heavy atom. The first kappa shape index (κ1) is 15.2. The number of nitrogens with one attached hydrogen (secondary N) is 1. The van der Waals surface area contributed by atoms with E-state index in [-0.39, 0.29) is 0 Å². The standard InChI is InChI=1S/C16H20ClNOS/c1-3-14-6-7-15(20-14)11-18-13-5-8-16(19-4-2)12(9-13)10-17/h5-9,18H,3-4,10-11H2,1-2H3. The van der Waals surface area contributed by atoms with Gasteiger partial charge >= 0.3 is 0 Å². The minimum absolute atomic E-state index is 0.462. The number of halogens is 1. The smallest absolute Gasteiger partial charge is 0.123 e. The fourth-order valence-corrected chi connectivity index (χ4v) is 3.09. The monoisotopic (exact) mass is 309 g/mol. The van der Waals surface area contributed by atoms with Crippen LogP contribution in [0.1, 0.15) is 29.2 Å². The molecule has 2 rings (SSSR count). The summed E-state index contributed by atoms with van der Waals surface area (Å²) in [6, 6.07) is 10.5. The normalized spacial score (nSPS) is 10.6. The second-order valence-corrected chi connectivity index (χ2v) is 5.98. The van der Waals surface area contributed by atoms with Gasteiger partial charge in [-0.25, -0.2) is 0 Å². The van der Waals surface area contributed by atoms with E-state index in [0.29, 0.717) is 12.5 Å². The van der Waals surface area contributed by atoms with Crippen LogP contribution in [0.15, 0.2) is 30.3 Å². The minimum Gasteiger partial charge on any atom is -0.494 e. The van der Waals surface area contributed by atoms with Gasteiger partial charge in [-0.3, -0.25) is 0 Å². The van der Waals surface area contributed by atoms with Gasteiger partial charge in [0.2, 0.25) is 0 Å². The fraction of sp³-hybridized carbons (Fsp3) is 0.375. The van der Waals surface area contributed by atoms with E-state index < -0.39 is 0 Å². The van der Waals surface area contributed by atoms with Gasteiger partial charge in [-0.2, -0.15) is 0 Å². The zero-order chi connectivity index (χ0) is 14.4. The Hall–Kier alpha value is -1.19. The number of thiophene rings is 1. The van der Waals surface area contributed by atoms with Crippen LogP contribution >= 0.6 is 22.9 Å². The molecule has 20 heavy (non-hydrogen) atoms. The number of rotatable bonds is 7. The lowest BCUT2D eigenvalue weighted by Gasteiger charge is -2.11. The highest BCUT2D eigenvalue weighted by molar-refractivity contribution is 7.12. The van der Waals surface area contributed by atoms with E-state index >= 15 is 0 Å². The first-order valence-electron chi connectivity index (χ1n) is 6.90. The van der Waals surface area contributed by atoms with Gasteiger partial charge in [0.05, 0.1) is 12.5 Å². The fourth-order valence-electron chi connectivity index (χ4n) is 1.99. The summed E-state index contributed by atoms with van der Waals surface area (Å²) >= 11 is 7.83. The molecule has 0 unspecified atom stereocenters. The average Bonchev–Trinajstić information content (AvgIpc) is 2.94. The molecule has 0 aliphatic carbocycles. The van der Waals surface area contributed by atoms with E-state index in [1.807, 2.05) is 30.4 Å². The lowest BCUT2D eigenvalue weighted by molar-refractivity contribution is 0.337. The number of ether oxygens (including phenoxy) is 1. The Morgan fingerprint density at radius 3 is 2.60 bits per heavy atom. The van der Waals surface area contributed by atoms with Crippen molar-refractivity contribution >= 4 is 28.6 Å². The topological polar surface area (TPSA) is 21.3 Å². The van der Waals surface area contributed by atoms with Crippen LogP contribution < -0.4 is 10.1 Å². The van der Waals surface area contributed by atoms with Crippen molar-refractivity contribution in [1.82, 2.24) is 0 Å². The van der Waals surface area contributed by atoms with E-state index in [2.05, 4.69) is 30.4 Å². The summed E-state index contributed by atoms with van der Waals surface area (Å²) in [6.45, 7) is 5.67. The molecule has 0 atom stereocenters. The van der Waals surface area contributed by atoms with Gasteiger partial charge in [0.25, 0.3) is 0 Å². The first-order valence-corrected chi connectivity index (χ1v) is 8.25. The molecule has 0 aliphatic heterocycles. The van der Waals surface area contributed by atoms with Crippen LogP contribution in [0.2, 0.25) is 0 Å². The van der Waals surface area contributed by atoms with Gasteiger partial charge in [0, 0.05) is 27.5 Å². The predicted octanol–water partition coefficient (Wildman–Crippen LogP) is 5.06. The van der Waals surface area contributed by atoms with E-state index in [1.54, 1.807) is 0 Å². The summed E-state index contributed by atoms with van der Waals surface area (Å²) < 4.78 is 5.55. The van der Waals surface area contributed by atoms with Crippen molar-refractivity contribution in [3.8, 4) is 5.75 Å². The molecule has 0 saturated carbocycles. The van der Waals surface area contributed by atoms with Gasteiger partial charge in [-0.1, -0.05) is 6.92 Å². The largest absolute Gasteiger partial charge is 0.494 e. The first-order chi connectivity index (χ1) is 9.76. The minimum atomic E-state index is 0.462. The molecule has 2 aromatic rings. The SMILES string of the molecule is CCOc1ccc(NCc2ccc(CC)s2)cc1CCl. The van der Waals surface area contributed by atoms with Gasteiger partial charge < -0.3 is 10.1 Å². The van der Waals surface area contributed by atoms with Crippen molar-refractivity contribution in [3.05, 3.63) is 45.6 Å². The number of anilines is 1. The van der Waals surface area contributed by atoms with Crippen LogP contribution in [0.3, 0.4) is 0 Å². The number of aryl methyl sites for hydroxylation is 1. The molecular formula is C16H20ClNOS. The van der Waals surface area contributed by atoms with Gasteiger partial charge in [0.15, 0.2) is 0 Å². The van der Waals surface area contributed by atoms with Crippen LogP contribution in [0, 0.1) is 0 Å². The molecular weight excluding hydrogens is 290 g/mol. The average molecular weight is 310 g/mol. The Morgan fingerprint density at radius 1 is 1.15 bits per heavy atom. The summed E-state index contributed by atoms with van der Waals surface area (Å²) in [6.07, 6.45) is 1.10. The molecule has 108 valence electrons. The van der Waals surface area contributed by atoms with Crippen LogP contribution in [-0.4, -0.2) is 6.61 Å². The number of hydrogen-bond acceptors (Lipinski definition) is 3. The molecule has 1 N–H and O–H groups in total. The molecule has 1 heterocycles. The molecule has 1 aromatic heterocycles. The Kier molecular flexibility index (Phi) is 5.74. The Bertz CT molecular complexity index is 553. The highest BCUT2D eigenvalue weighted by atomic mass is 35.5. The van der Waals surface area contributed by atoms with Crippen molar-refractivity contribution in [3.63, 3.8) is 0 Å². The number of benzene rings is 1. The second-order valence-electron chi connectivity index (χ2n) is 4.46. The second kappa shape index (κ2) is 7.55. The molecule has 0 fully saturated rings. The Balaban J connectivity index is 2.02. The van der Waals surface area contributed by atoms with Crippen molar-refractivity contribution in [1.29, 1.82) is 0 Å². The summed E-state index contributed by atoms with van der Waals surface area (Å²) in [4.78, 5) is 2.78. The van der Waals surface area contributed by atoms with E-state index in [0.717, 1.165) is 30.0 Å². The van der Waals surface area contributed by atoms with Gasteiger partial charge in [0.1, 0.15) is 5.75 Å². The van der Waals surface area contributed by atoms with Crippen molar-refractivity contribution < 1.29 is 4.74 Å². The highest BCUT2D eigenvalue weighted by Crippen LogP contribution is 2.25. The van der Waals surface area contributed by atoms with Crippen LogP contribution in [0.4, 0.5) is 5.69 Å². The molecule has 0 radical (unpaired) electrons. The Labute approximate surface area is 129 Å². The van der Waals surface area contributed by atoms with Crippen LogP contribution in [0.25, 0.3) is 0 Å². The van der Waals surface area contributed by atoms with E-state index in [9.17, 15) is 0 Å². The summed E-state index contributed by atoms with van der Waals surface area (Å²) in [5, 5.41) is 3.44. The van der Waals surface area contributed by atoms with Crippen LogP contribution in [0.5, 0.6) is 5.75 Å². The van der Waals surface area contributed by atoms with E-state index in [1.165, 1.54) is 9.75 Å².